The number of amides is 1. The summed E-state index contributed by atoms with van der Waals surface area (Å²) in [7, 11) is -3.69. The number of aromatic nitrogens is 2. The first kappa shape index (κ1) is 20.9. The van der Waals surface area contributed by atoms with Crippen molar-refractivity contribution in [3.63, 3.8) is 0 Å². The number of halogens is 1. The van der Waals surface area contributed by atoms with Crippen LogP contribution in [0, 0.1) is 19.7 Å². The van der Waals surface area contributed by atoms with Crippen LogP contribution in [0.25, 0.3) is 21.7 Å². The third-order valence-electron chi connectivity index (χ3n) is 4.37. The molecule has 0 fully saturated rings. The van der Waals surface area contributed by atoms with Crippen molar-refractivity contribution in [1.29, 1.82) is 0 Å². The van der Waals surface area contributed by atoms with Crippen LogP contribution in [0.5, 0.6) is 0 Å². The minimum absolute atomic E-state index is 0.213. The van der Waals surface area contributed by atoms with Gasteiger partial charge in [0.25, 0.3) is 11.6 Å². The number of thiophene rings is 1. The Labute approximate surface area is 181 Å². The summed E-state index contributed by atoms with van der Waals surface area (Å²) in [5.41, 5.74) is 1.52. The molecule has 0 aliphatic rings. The normalized spacial score (nSPS) is 11.6. The predicted molar refractivity (Wildman–Crippen MR) is 117 cm³/mol. The molecule has 0 saturated heterocycles. The molecule has 0 spiro atoms. The predicted octanol–water partition coefficient (Wildman–Crippen LogP) is 4.33. The number of carbonyl (C=O) groups is 1. The van der Waals surface area contributed by atoms with Crippen LogP contribution in [0.15, 0.2) is 40.9 Å². The van der Waals surface area contributed by atoms with E-state index < -0.39 is 21.7 Å². The number of sulfonamides is 1. The van der Waals surface area contributed by atoms with Gasteiger partial charge in [-0.05, 0) is 50.2 Å². The van der Waals surface area contributed by atoms with Gasteiger partial charge in [0, 0.05) is 10.6 Å². The van der Waals surface area contributed by atoms with Crippen molar-refractivity contribution in [2.24, 2.45) is 0 Å². The van der Waals surface area contributed by atoms with Crippen molar-refractivity contribution in [2.75, 3.05) is 16.3 Å². The van der Waals surface area contributed by atoms with Crippen LogP contribution in [0.2, 0.25) is 0 Å². The summed E-state index contributed by atoms with van der Waals surface area (Å²) in [6.45, 7) is 3.67. The third kappa shape index (κ3) is 4.42. The van der Waals surface area contributed by atoms with E-state index in [1.807, 2.05) is 19.1 Å². The summed E-state index contributed by atoms with van der Waals surface area (Å²) in [4.78, 5) is 19.5. The Balaban J connectivity index is 1.74. The lowest BCUT2D eigenvalue weighted by Gasteiger charge is -2.10. The van der Waals surface area contributed by atoms with Crippen LogP contribution in [0.3, 0.4) is 0 Å². The van der Waals surface area contributed by atoms with E-state index >= 15 is 0 Å². The lowest BCUT2D eigenvalue weighted by Crippen LogP contribution is -2.15. The highest BCUT2D eigenvalue weighted by atomic mass is 32.2. The van der Waals surface area contributed by atoms with E-state index in [1.165, 1.54) is 23.5 Å². The van der Waals surface area contributed by atoms with Gasteiger partial charge < -0.3 is 9.84 Å². The van der Waals surface area contributed by atoms with Crippen molar-refractivity contribution in [2.45, 2.75) is 13.8 Å². The molecule has 0 saturated carbocycles. The Hall–Kier alpha value is -3.31. The van der Waals surface area contributed by atoms with E-state index in [9.17, 15) is 17.6 Å². The van der Waals surface area contributed by atoms with Gasteiger partial charge in [-0.2, -0.15) is 0 Å². The molecule has 31 heavy (non-hydrogen) atoms. The number of aryl methyl sites for hydroxylation is 2. The van der Waals surface area contributed by atoms with Crippen LogP contribution in [-0.4, -0.2) is 30.7 Å². The molecule has 8 nitrogen and oxygen atoms in total. The van der Waals surface area contributed by atoms with Crippen LogP contribution < -0.4 is 10.0 Å². The summed E-state index contributed by atoms with van der Waals surface area (Å²) in [6, 6.07) is 9.11. The van der Waals surface area contributed by atoms with Crippen molar-refractivity contribution in [3.05, 3.63) is 58.3 Å². The molecule has 0 unspecified atom stereocenters. The van der Waals surface area contributed by atoms with Crippen molar-refractivity contribution in [3.8, 4) is 10.6 Å². The van der Waals surface area contributed by atoms with E-state index in [1.54, 1.807) is 13.0 Å². The van der Waals surface area contributed by atoms with Gasteiger partial charge in [0.1, 0.15) is 5.82 Å². The fourth-order valence-corrected chi connectivity index (χ4v) is 4.44. The number of benzene rings is 1. The lowest BCUT2D eigenvalue weighted by molar-refractivity contribution is 0.102. The summed E-state index contributed by atoms with van der Waals surface area (Å²) in [6.07, 6.45) is 0.911. The molecule has 0 radical (unpaired) electrons. The molecule has 3 heterocycles. The third-order valence-corrected chi connectivity index (χ3v) is 5.99. The van der Waals surface area contributed by atoms with Gasteiger partial charge in [0.2, 0.25) is 10.0 Å². The number of hydrogen-bond acceptors (Lipinski definition) is 7. The van der Waals surface area contributed by atoms with E-state index in [0.717, 1.165) is 22.1 Å². The van der Waals surface area contributed by atoms with E-state index in [-0.39, 0.29) is 22.7 Å². The maximum Gasteiger partial charge on any atom is 0.259 e. The first-order chi connectivity index (χ1) is 14.6. The fourth-order valence-electron chi connectivity index (χ4n) is 3.05. The number of rotatable bonds is 5. The standard InChI is InChI=1S/C20H17FN4O4S2/c1-10-4-7-17(30-10)16-9-13(18-11(2)24-29-20(18)23-16)19(26)22-12-5-6-14(21)15(8-12)25-31(3,27)28/h4-9,25H,1-3H3,(H,22,26). The highest BCUT2D eigenvalue weighted by Crippen LogP contribution is 2.31. The zero-order chi connectivity index (χ0) is 22.3. The summed E-state index contributed by atoms with van der Waals surface area (Å²) in [5.74, 6) is -1.26. The maximum absolute atomic E-state index is 14.0. The molecular formula is C20H17FN4O4S2. The topological polar surface area (TPSA) is 114 Å². The van der Waals surface area contributed by atoms with Gasteiger partial charge in [-0.25, -0.2) is 17.8 Å². The van der Waals surface area contributed by atoms with E-state index in [0.29, 0.717) is 16.8 Å². The Bertz CT molecular complexity index is 1430. The number of nitrogens with zero attached hydrogens (tertiary/aromatic N) is 2. The first-order valence-corrected chi connectivity index (χ1v) is 11.7. The lowest BCUT2D eigenvalue weighted by atomic mass is 10.1. The summed E-state index contributed by atoms with van der Waals surface area (Å²) >= 11 is 1.53. The molecule has 1 amide bonds. The second-order valence-corrected chi connectivity index (χ2v) is 9.97. The second kappa shape index (κ2) is 7.75. The molecule has 0 aliphatic heterocycles. The molecule has 160 valence electrons. The second-order valence-electron chi connectivity index (χ2n) is 6.94. The van der Waals surface area contributed by atoms with Gasteiger partial charge in [0.05, 0.1) is 39.2 Å². The number of hydrogen-bond donors (Lipinski definition) is 2. The Kier molecular flexibility index (Phi) is 5.23. The largest absolute Gasteiger partial charge is 0.335 e. The molecule has 2 N–H and O–H groups in total. The van der Waals surface area contributed by atoms with E-state index in [2.05, 4.69) is 20.2 Å². The minimum Gasteiger partial charge on any atom is -0.335 e. The van der Waals surface area contributed by atoms with Gasteiger partial charge in [-0.15, -0.1) is 11.3 Å². The van der Waals surface area contributed by atoms with Crippen LogP contribution in [-0.2, 0) is 10.0 Å². The number of pyridine rings is 1. The monoisotopic (exact) mass is 460 g/mol. The van der Waals surface area contributed by atoms with Crippen LogP contribution >= 0.6 is 11.3 Å². The molecule has 11 heteroatoms. The fraction of sp³-hybridized carbons (Fsp3) is 0.150. The highest BCUT2D eigenvalue weighted by molar-refractivity contribution is 7.92. The van der Waals surface area contributed by atoms with Gasteiger partial charge >= 0.3 is 0 Å². The Morgan fingerprint density at radius 2 is 1.94 bits per heavy atom. The minimum atomic E-state index is -3.69. The average molecular weight is 461 g/mol. The maximum atomic E-state index is 14.0. The zero-order valence-corrected chi connectivity index (χ0v) is 18.3. The number of carbonyl (C=O) groups excluding carboxylic acids is 1. The van der Waals surface area contributed by atoms with Crippen molar-refractivity contribution < 1.29 is 22.1 Å². The average Bonchev–Trinajstić information content (AvgIpc) is 3.28. The number of nitrogens with one attached hydrogen (secondary N) is 2. The first-order valence-electron chi connectivity index (χ1n) is 9.03. The zero-order valence-electron chi connectivity index (χ0n) is 16.7. The number of fused-ring (bicyclic) bond motifs is 1. The van der Waals surface area contributed by atoms with Gasteiger partial charge in [0.15, 0.2) is 0 Å². The molecule has 4 rings (SSSR count). The molecule has 0 atom stereocenters. The van der Waals surface area contributed by atoms with Gasteiger partial charge in [-0.3, -0.25) is 9.52 Å². The SMILES string of the molecule is Cc1ccc(-c2cc(C(=O)Nc3ccc(F)c(NS(C)(=O)=O)c3)c3c(C)noc3n2)s1. The van der Waals surface area contributed by atoms with Crippen LogP contribution in [0.1, 0.15) is 20.9 Å². The Morgan fingerprint density at radius 3 is 2.61 bits per heavy atom. The number of anilines is 2. The quantitative estimate of drug-likeness (QED) is 0.458. The highest BCUT2D eigenvalue weighted by Gasteiger charge is 2.20. The van der Waals surface area contributed by atoms with Crippen LogP contribution in [0.4, 0.5) is 15.8 Å². The molecule has 3 aromatic heterocycles. The molecule has 0 aliphatic carbocycles. The van der Waals surface area contributed by atoms with Crippen molar-refractivity contribution in [1.82, 2.24) is 10.1 Å². The summed E-state index contributed by atoms with van der Waals surface area (Å²) in [5, 5.41) is 7.05. The Morgan fingerprint density at radius 1 is 1.16 bits per heavy atom. The molecule has 0 bridgehead atoms. The molecule has 4 aromatic rings. The van der Waals surface area contributed by atoms with Gasteiger partial charge in [-0.1, -0.05) is 5.16 Å². The summed E-state index contributed by atoms with van der Waals surface area (Å²) < 4.78 is 44.2. The van der Waals surface area contributed by atoms with Crippen molar-refractivity contribution >= 4 is 49.7 Å². The van der Waals surface area contributed by atoms with E-state index in [4.69, 9.17) is 4.52 Å². The molecular weight excluding hydrogens is 443 g/mol. The smallest absolute Gasteiger partial charge is 0.259 e. The molecule has 1 aromatic carbocycles.